The monoisotopic (exact) mass is 339 g/mol. The van der Waals surface area contributed by atoms with Gasteiger partial charge in [-0.15, -0.1) is 0 Å². The van der Waals surface area contributed by atoms with Crippen molar-refractivity contribution in [2.75, 3.05) is 0 Å². The molecule has 0 saturated carbocycles. The van der Waals surface area contributed by atoms with Crippen LogP contribution in [0.1, 0.15) is 61.8 Å². The highest BCUT2D eigenvalue weighted by Gasteiger charge is 2.32. The number of rotatable bonds is 4. The number of nitrogens with one attached hydrogen (secondary N) is 1. The minimum atomic E-state index is -3.72. The Labute approximate surface area is 135 Å². The summed E-state index contributed by atoms with van der Waals surface area (Å²) in [5.41, 5.74) is 0.357. The molecule has 126 valence electrons. The van der Waals surface area contributed by atoms with E-state index in [1.54, 1.807) is 18.5 Å². The molecular weight excluding hydrogens is 318 g/mol. The molecule has 2 aromatic rings. The van der Waals surface area contributed by atoms with Crippen LogP contribution in [-0.2, 0) is 16.6 Å². The van der Waals surface area contributed by atoms with Crippen molar-refractivity contribution >= 4 is 10.0 Å². The molecule has 0 spiro atoms. The Morgan fingerprint density at radius 3 is 2.70 bits per heavy atom. The Kier molecular flexibility index (Phi) is 4.01. The fourth-order valence-corrected chi connectivity index (χ4v) is 4.39. The van der Waals surface area contributed by atoms with Crippen molar-refractivity contribution in [1.82, 2.24) is 24.6 Å². The summed E-state index contributed by atoms with van der Waals surface area (Å²) in [6.07, 6.45) is 1.54. The summed E-state index contributed by atoms with van der Waals surface area (Å²) in [7, 11) is -3.72. The van der Waals surface area contributed by atoms with Gasteiger partial charge in [-0.1, -0.05) is 19.0 Å². The first-order valence-corrected chi connectivity index (χ1v) is 9.17. The summed E-state index contributed by atoms with van der Waals surface area (Å²) < 4.78 is 34.9. The molecule has 0 amide bonds. The van der Waals surface area contributed by atoms with Crippen LogP contribution in [0.25, 0.3) is 0 Å². The maximum atomic E-state index is 12.7. The maximum Gasteiger partial charge on any atom is 0.246 e. The molecule has 1 atom stereocenters. The molecule has 0 radical (unpaired) electrons. The molecule has 8 nitrogen and oxygen atoms in total. The van der Waals surface area contributed by atoms with Crippen LogP contribution >= 0.6 is 0 Å². The average molecular weight is 339 g/mol. The van der Waals surface area contributed by atoms with Crippen molar-refractivity contribution < 1.29 is 12.9 Å². The first-order valence-electron chi connectivity index (χ1n) is 7.69. The third-order valence-corrected chi connectivity index (χ3v) is 5.66. The van der Waals surface area contributed by atoms with Gasteiger partial charge in [0.25, 0.3) is 0 Å². The largest absolute Gasteiger partial charge is 0.360 e. The van der Waals surface area contributed by atoms with E-state index >= 15 is 0 Å². The van der Waals surface area contributed by atoms with Crippen LogP contribution in [0.5, 0.6) is 0 Å². The van der Waals surface area contributed by atoms with Crippen LogP contribution in [0.3, 0.4) is 0 Å². The summed E-state index contributed by atoms with van der Waals surface area (Å²) in [6, 6.07) is -0.387. The zero-order valence-electron chi connectivity index (χ0n) is 13.7. The molecule has 3 heterocycles. The molecule has 0 saturated heterocycles. The topological polar surface area (TPSA) is 103 Å². The van der Waals surface area contributed by atoms with Gasteiger partial charge in [-0.2, -0.15) is 5.10 Å². The van der Waals surface area contributed by atoms with Crippen LogP contribution in [0.4, 0.5) is 0 Å². The van der Waals surface area contributed by atoms with E-state index in [0.29, 0.717) is 17.9 Å². The molecule has 1 unspecified atom stereocenters. The maximum absolute atomic E-state index is 12.7. The molecular formula is C14H21N5O3S. The highest BCUT2D eigenvalue weighted by molar-refractivity contribution is 7.89. The Morgan fingerprint density at radius 1 is 1.35 bits per heavy atom. The fraction of sp³-hybridized carbons (Fsp3) is 0.643. The first kappa shape index (κ1) is 16.1. The van der Waals surface area contributed by atoms with E-state index in [9.17, 15) is 8.42 Å². The predicted octanol–water partition coefficient (Wildman–Crippen LogP) is 1.82. The molecule has 1 aliphatic rings. The second-order valence-corrected chi connectivity index (χ2v) is 7.83. The number of nitrogens with zero attached hydrogens (tertiary/aromatic N) is 4. The van der Waals surface area contributed by atoms with E-state index < -0.39 is 10.0 Å². The van der Waals surface area contributed by atoms with Gasteiger partial charge in [0, 0.05) is 12.5 Å². The molecule has 2 aromatic heterocycles. The minimum Gasteiger partial charge on any atom is -0.360 e. The summed E-state index contributed by atoms with van der Waals surface area (Å²) in [5, 5.41) is 8.19. The van der Waals surface area contributed by atoms with Gasteiger partial charge >= 0.3 is 0 Å². The smallest absolute Gasteiger partial charge is 0.246 e. The number of aromatic nitrogens is 4. The molecule has 9 heteroatoms. The van der Waals surface area contributed by atoms with Gasteiger partial charge in [-0.25, -0.2) is 22.8 Å². The fourth-order valence-electron chi connectivity index (χ4n) is 2.83. The normalized spacial score (nSPS) is 18.4. The second-order valence-electron chi connectivity index (χ2n) is 6.18. The van der Waals surface area contributed by atoms with Gasteiger partial charge in [0.15, 0.2) is 11.6 Å². The van der Waals surface area contributed by atoms with Crippen molar-refractivity contribution in [2.45, 2.75) is 63.9 Å². The van der Waals surface area contributed by atoms with Crippen LogP contribution < -0.4 is 4.72 Å². The summed E-state index contributed by atoms with van der Waals surface area (Å²) >= 11 is 0. The Balaban J connectivity index is 1.93. The van der Waals surface area contributed by atoms with Crippen molar-refractivity contribution in [1.29, 1.82) is 0 Å². The van der Waals surface area contributed by atoms with Crippen LogP contribution in [0.2, 0.25) is 0 Å². The highest BCUT2D eigenvalue weighted by atomic mass is 32.2. The third kappa shape index (κ3) is 2.90. The van der Waals surface area contributed by atoms with Crippen LogP contribution in [-0.4, -0.2) is 28.3 Å². The van der Waals surface area contributed by atoms with Crippen molar-refractivity contribution in [2.24, 2.45) is 0 Å². The second kappa shape index (κ2) is 5.72. The van der Waals surface area contributed by atoms with Gasteiger partial charge in [0.1, 0.15) is 16.4 Å². The number of fused-ring (bicyclic) bond motifs is 1. The molecule has 0 aliphatic carbocycles. The molecule has 0 fully saturated rings. The lowest BCUT2D eigenvalue weighted by atomic mass is 10.1. The van der Waals surface area contributed by atoms with Crippen molar-refractivity contribution in [3.63, 3.8) is 0 Å². The van der Waals surface area contributed by atoms with Gasteiger partial charge in [0.05, 0.1) is 6.04 Å². The number of hydrogen-bond donors (Lipinski definition) is 1. The number of aryl methyl sites for hydroxylation is 3. The third-order valence-electron chi connectivity index (χ3n) is 3.94. The molecule has 1 N–H and O–H groups in total. The van der Waals surface area contributed by atoms with Crippen molar-refractivity contribution in [3.8, 4) is 0 Å². The minimum absolute atomic E-state index is 0.109. The highest BCUT2D eigenvalue weighted by Crippen LogP contribution is 2.28. The lowest BCUT2D eigenvalue weighted by molar-refractivity contribution is 0.389. The molecule has 1 aliphatic heterocycles. The SMILES string of the molecule is Cc1noc(C)c1S(=O)(=O)NC1CCCn2nc(C(C)C)nc21. The number of sulfonamides is 1. The van der Waals surface area contributed by atoms with Crippen LogP contribution in [0, 0.1) is 13.8 Å². The lowest BCUT2D eigenvalue weighted by Gasteiger charge is -2.22. The van der Waals surface area contributed by atoms with E-state index in [4.69, 9.17) is 4.52 Å². The molecule has 23 heavy (non-hydrogen) atoms. The summed E-state index contributed by atoms with van der Waals surface area (Å²) in [4.78, 5) is 4.64. The predicted molar refractivity (Wildman–Crippen MR) is 82.4 cm³/mol. The quantitative estimate of drug-likeness (QED) is 0.911. The Hall–Kier alpha value is -1.74. The van der Waals surface area contributed by atoms with E-state index in [0.717, 1.165) is 18.8 Å². The lowest BCUT2D eigenvalue weighted by Crippen LogP contribution is -2.33. The number of hydrogen-bond acceptors (Lipinski definition) is 6. The molecule has 0 bridgehead atoms. The Bertz CT molecular complexity index is 802. The van der Waals surface area contributed by atoms with E-state index in [2.05, 4.69) is 20.0 Å². The first-order chi connectivity index (χ1) is 10.8. The standard InChI is InChI=1S/C14H21N5O3S/c1-8(2)13-15-14-11(6-5-7-19(14)16-13)18-23(20,21)12-9(3)17-22-10(12)4/h8,11,18H,5-7H2,1-4H3. The van der Waals surface area contributed by atoms with Crippen LogP contribution in [0.15, 0.2) is 9.42 Å². The average Bonchev–Trinajstić information content (AvgIpc) is 3.03. The van der Waals surface area contributed by atoms with Gasteiger partial charge in [-0.3, -0.25) is 0 Å². The van der Waals surface area contributed by atoms with E-state index in [1.165, 1.54) is 0 Å². The van der Waals surface area contributed by atoms with Gasteiger partial charge in [-0.05, 0) is 26.7 Å². The van der Waals surface area contributed by atoms with Gasteiger partial charge < -0.3 is 4.52 Å². The molecule has 0 aromatic carbocycles. The zero-order chi connectivity index (χ0) is 16.8. The summed E-state index contributed by atoms with van der Waals surface area (Å²) in [6.45, 7) is 8.01. The van der Waals surface area contributed by atoms with E-state index in [1.807, 2.05) is 13.8 Å². The Morgan fingerprint density at radius 2 is 2.09 bits per heavy atom. The zero-order valence-corrected chi connectivity index (χ0v) is 14.5. The van der Waals surface area contributed by atoms with Crippen molar-refractivity contribution in [3.05, 3.63) is 23.1 Å². The van der Waals surface area contributed by atoms with Gasteiger partial charge in [0.2, 0.25) is 10.0 Å². The summed E-state index contributed by atoms with van der Waals surface area (Å²) in [5.74, 6) is 1.90. The van der Waals surface area contributed by atoms with E-state index in [-0.39, 0.29) is 22.6 Å². The molecule has 3 rings (SSSR count).